The Labute approximate surface area is 133 Å². The summed E-state index contributed by atoms with van der Waals surface area (Å²) >= 11 is 3.43. The smallest absolute Gasteiger partial charge is 0.337 e. The van der Waals surface area contributed by atoms with Crippen LogP contribution in [0.3, 0.4) is 0 Å². The number of hydrogen-bond donors (Lipinski definition) is 2. The second-order valence-corrected chi connectivity index (χ2v) is 5.43. The summed E-state index contributed by atoms with van der Waals surface area (Å²) in [5, 5.41) is 6.03. The molecule has 0 bridgehead atoms. The molecular formula is C15H21BrN2O3. The number of carbonyl (C=O) groups is 2. The molecule has 0 aliphatic rings. The molecule has 0 aliphatic heterocycles. The van der Waals surface area contributed by atoms with Crippen LogP contribution >= 0.6 is 15.9 Å². The Morgan fingerprint density at radius 3 is 2.67 bits per heavy atom. The number of ether oxygens (including phenoxy) is 1. The van der Waals surface area contributed by atoms with E-state index >= 15 is 0 Å². The van der Waals surface area contributed by atoms with Gasteiger partial charge in [-0.2, -0.15) is 0 Å². The zero-order valence-corrected chi connectivity index (χ0v) is 14.0. The van der Waals surface area contributed by atoms with Crippen molar-refractivity contribution in [3.63, 3.8) is 0 Å². The maximum Gasteiger partial charge on any atom is 0.337 e. The molecule has 0 unspecified atom stereocenters. The highest BCUT2D eigenvalue weighted by molar-refractivity contribution is 9.10. The van der Waals surface area contributed by atoms with E-state index < -0.39 is 0 Å². The third-order valence-electron chi connectivity index (χ3n) is 2.89. The van der Waals surface area contributed by atoms with Crippen molar-refractivity contribution in [3.05, 3.63) is 33.8 Å². The highest BCUT2D eigenvalue weighted by Crippen LogP contribution is 2.19. The minimum absolute atomic E-state index is 0.0597. The SMILES string of the molecule is CCCNC(=O)CCNCc1ccc(C(=O)OC)cc1Br. The molecule has 0 aromatic heterocycles. The summed E-state index contributed by atoms with van der Waals surface area (Å²) in [6.45, 7) is 3.98. The molecule has 1 aromatic carbocycles. The third-order valence-corrected chi connectivity index (χ3v) is 3.63. The van der Waals surface area contributed by atoms with Gasteiger partial charge in [0.1, 0.15) is 0 Å². The molecule has 0 spiro atoms. The van der Waals surface area contributed by atoms with E-state index in [1.165, 1.54) is 7.11 Å². The molecule has 116 valence electrons. The molecule has 0 saturated carbocycles. The maximum atomic E-state index is 11.4. The molecule has 2 N–H and O–H groups in total. The van der Waals surface area contributed by atoms with Crippen molar-refractivity contribution < 1.29 is 14.3 Å². The Morgan fingerprint density at radius 1 is 1.29 bits per heavy atom. The van der Waals surface area contributed by atoms with E-state index in [0.717, 1.165) is 23.0 Å². The van der Waals surface area contributed by atoms with Gasteiger partial charge in [0.2, 0.25) is 5.91 Å². The molecule has 0 aliphatic carbocycles. The molecule has 5 nitrogen and oxygen atoms in total. The van der Waals surface area contributed by atoms with Gasteiger partial charge in [0.25, 0.3) is 0 Å². The average Bonchev–Trinajstić information content (AvgIpc) is 2.49. The van der Waals surface area contributed by atoms with Crippen LogP contribution in [0.25, 0.3) is 0 Å². The van der Waals surface area contributed by atoms with E-state index in [1.807, 2.05) is 13.0 Å². The van der Waals surface area contributed by atoms with Gasteiger partial charge in [0.05, 0.1) is 12.7 Å². The van der Waals surface area contributed by atoms with E-state index in [4.69, 9.17) is 0 Å². The van der Waals surface area contributed by atoms with Crippen molar-refractivity contribution in [3.8, 4) is 0 Å². The summed E-state index contributed by atoms with van der Waals surface area (Å²) in [5.74, 6) is -0.299. The van der Waals surface area contributed by atoms with Gasteiger partial charge in [0, 0.05) is 30.5 Å². The Bertz CT molecular complexity index is 492. The van der Waals surface area contributed by atoms with E-state index in [2.05, 4.69) is 31.3 Å². The summed E-state index contributed by atoms with van der Waals surface area (Å²) in [5.41, 5.74) is 1.53. The lowest BCUT2D eigenvalue weighted by atomic mass is 10.1. The van der Waals surface area contributed by atoms with Crippen LogP contribution in [0.5, 0.6) is 0 Å². The number of nitrogens with one attached hydrogen (secondary N) is 2. The molecule has 1 rings (SSSR count). The number of hydrogen-bond acceptors (Lipinski definition) is 4. The summed E-state index contributed by atoms with van der Waals surface area (Å²) in [6, 6.07) is 5.32. The fourth-order valence-electron chi connectivity index (χ4n) is 1.71. The minimum Gasteiger partial charge on any atom is -0.465 e. The lowest BCUT2D eigenvalue weighted by Gasteiger charge is -2.08. The van der Waals surface area contributed by atoms with Crippen molar-refractivity contribution in [2.24, 2.45) is 0 Å². The highest BCUT2D eigenvalue weighted by Gasteiger charge is 2.08. The van der Waals surface area contributed by atoms with Gasteiger partial charge < -0.3 is 15.4 Å². The van der Waals surface area contributed by atoms with Crippen LogP contribution in [0, 0.1) is 0 Å². The molecule has 6 heteroatoms. The standard InChI is InChI=1S/C15H21BrN2O3/c1-3-7-18-14(19)6-8-17-10-12-5-4-11(9-13(12)16)15(20)21-2/h4-5,9,17H,3,6-8,10H2,1-2H3,(H,18,19). The number of benzene rings is 1. The van der Waals surface area contributed by atoms with Gasteiger partial charge in [-0.05, 0) is 24.1 Å². The number of rotatable bonds is 8. The molecule has 0 radical (unpaired) electrons. The Balaban J connectivity index is 2.39. The fraction of sp³-hybridized carbons (Fsp3) is 0.467. The van der Waals surface area contributed by atoms with Crippen LogP contribution in [0.15, 0.2) is 22.7 Å². The first kappa shape index (κ1) is 17.7. The summed E-state index contributed by atoms with van der Waals surface area (Å²) < 4.78 is 5.51. The first-order valence-corrected chi connectivity index (χ1v) is 7.72. The normalized spacial score (nSPS) is 10.2. The van der Waals surface area contributed by atoms with Crippen molar-refractivity contribution in [1.29, 1.82) is 0 Å². The molecule has 0 saturated heterocycles. The third kappa shape index (κ3) is 6.27. The highest BCUT2D eigenvalue weighted by atomic mass is 79.9. The van der Waals surface area contributed by atoms with Crippen LogP contribution < -0.4 is 10.6 Å². The topological polar surface area (TPSA) is 67.4 Å². The quantitative estimate of drug-likeness (QED) is 0.553. The Kier molecular flexibility index (Phi) is 8.00. The van der Waals surface area contributed by atoms with Gasteiger partial charge in [-0.25, -0.2) is 4.79 Å². The zero-order chi connectivity index (χ0) is 15.7. The van der Waals surface area contributed by atoms with E-state index in [9.17, 15) is 9.59 Å². The van der Waals surface area contributed by atoms with Crippen molar-refractivity contribution in [2.45, 2.75) is 26.3 Å². The zero-order valence-electron chi connectivity index (χ0n) is 12.4. The molecule has 0 atom stereocenters. The van der Waals surface area contributed by atoms with Crippen LogP contribution in [0.4, 0.5) is 0 Å². The number of amides is 1. The first-order valence-electron chi connectivity index (χ1n) is 6.92. The average molecular weight is 357 g/mol. The predicted molar refractivity (Wildman–Crippen MR) is 85.1 cm³/mol. The molecule has 0 fully saturated rings. The van der Waals surface area contributed by atoms with Crippen LogP contribution in [0.1, 0.15) is 35.7 Å². The van der Waals surface area contributed by atoms with E-state index in [-0.39, 0.29) is 11.9 Å². The van der Waals surface area contributed by atoms with Gasteiger partial charge in [0.15, 0.2) is 0 Å². The Hall–Kier alpha value is -1.40. The lowest BCUT2D eigenvalue weighted by Crippen LogP contribution is -2.28. The second-order valence-electron chi connectivity index (χ2n) is 4.57. The van der Waals surface area contributed by atoms with Gasteiger partial charge in [-0.15, -0.1) is 0 Å². The van der Waals surface area contributed by atoms with Crippen molar-refractivity contribution in [1.82, 2.24) is 10.6 Å². The number of carbonyl (C=O) groups excluding carboxylic acids is 2. The second kappa shape index (κ2) is 9.52. The van der Waals surface area contributed by atoms with Crippen LogP contribution in [-0.4, -0.2) is 32.1 Å². The van der Waals surface area contributed by atoms with Gasteiger partial charge in [-0.3, -0.25) is 4.79 Å². The minimum atomic E-state index is -0.359. The summed E-state index contributed by atoms with van der Waals surface area (Å²) in [4.78, 5) is 22.8. The lowest BCUT2D eigenvalue weighted by molar-refractivity contribution is -0.120. The van der Waals surface area contributed by atoms with E-state index in [1.54, 1.807) is 12.1 Å². The molecule has 21 heavy (non-hydrogen) atoms. The molecule has 1 amide bonds. The van der Waals surface area contributed by atoms with E-state index in [0.29, 0.717) is 25.1 Å². The summed E-state index contributed by atoms with van der Waals surface area (Å²) in [7, 11) is 1.36. The summed E-state index contributed by atoms with van der Waals surface area (Å²) in [6.07, 6.45) is 1.40. The number of methoxy groups -OCH3 is 1. The Morgan fingerprint density at radius 2 is 2.05 bits per heavy atom. The molecular weight excluding hydrogens is 336 g/mol. The van der Waals surface area contributed by atoms with Gasteiger partial charge in [-0.1, -0.05) is 28.9 Å². The van der Waals surface area contributed by atoms with Crippen LogP contribution in [0.2, 0.25) is 0 Å². The van der Waals surface area contributed by atoms with Crippen molar-refractivity contribution in [2.75, 3.05) is 20.2 Å². The maximum absolute atomic E-state index is 11.4. The predicted octanol–water partition coefficient (Wildman–Crippen LogP) is 2.24. The fourth-order valence-corrected chi connectivity index (χ4v) is 2.23. The van der Waals surface area contributed by atoms with Crippen molar-refractivity contribution >= 4 is 27.8 Å². The first-order chi connectivity index (χ1) is 10.1. The molecule has 0 heterocycles. The number of halogens is 1. The number of esters is 1. The monoisotopic (exact) mass is 356 g/mol. The largest absolute Gasteiger partial charge is 0.465 e. The molecule has 1 aromatic rings. The van der Waals surface area contributed by atoms with Gasteiger partial charge >= 0.3 is 5.97 Å². The van der Waals surface area contributed by atoms with Crippen LogP contribution in [-0.2, 0) is 16.1 Å².